The summed E-state index contributed by atoms with van der Waals surface area (Å²) in [5.74, 6) is -1.51. The third-order valence-electron chi connectivity index (χ3n) is 1.90. The van der Waals surface area contributed by atoms with E-state index in [1.54, 1.807) is 0 Å². The zero-order valence-electron chi connectivity index (χ0n) is 8.59. The van der Waals surface area contributed by atoms with Crippen LogP contribution in [0.5, 0.6) is 0 Å². The van der Waals surface area contributed by atoms with E-state index < -0.39 is 39.6 Å². The van der Waals surface area contributed by atoms with Gasteiger partial charge in [0.15, 0.2) is 5.03 Å². The average Bonchev–Trinajstić information content (AvgIpc) is 2.64. The Balaban J connectivity index is 3.13. The van der Waals surface area contributed by atoms with Crippen molar-refractivity contribution in [3.05, 3.63) is 11.8 Å². The Morgan fingerprint density at radius 1 is 1.65 bits per heavy atom. The van der Waals surface area contributed by atoms with E-state index in [9.17, 15) is 22.0 Å². The second kappa shape index (κ2) is 4.75. The van der Waals surface area contributed by atoms with Crippen molar-refractivity contribution in [1.29, 1.82) is 0 Å². The smallest absolute Gasteiger partial charge is 0.340 e. The zero-order valence-corrected chi connectivity index (χ0v) is 9.41. The number of sulfonamides is 1. The van der Waals surface area contributed by atoms with Crippen LogP contribution in [0.3, 0.4) is 0 Å². The highest BCUT2D eigenvalue weighted by molar-refractivity contribution is 7.89. The quantitative estimate of drug-likeness (QED) is 0.782. The van der Waals surface area contributed by atoms with Gasteiger partial charge in [0.1, 0.15) is 5.56 Å². The van der Waals surface area contributed by atoms with Crippen molar-refractivity contribution in [3.8, 4) is 0 Å². The van der Waals surface area contributed by atoms with Crippen molar-refractivity contribution in [2.24, 2.45) is 0 Å². The number of hydrogen-bond acceptors (Lipinski definition) is 4. The molecule has 7 nitrogen and oxygen atoms in total. The van der Waals surface area contributed by atoms with Gasteiger partial charge >= 0.3 is 5.97 Å². The number of hydrogen-bond donors (Lipinski definition) is 2. The Kier molecular flexibility index (Phi) is 3.78. The molecule has 0 bridgehead atoms. The number of carboxylic acids is 1. The van der Waals surface area contributed by atoms with Gasteiger partial charge in [-0.15, -0.1) is 0 Å². The highest BCUT2D eigenvalue weighted by Crippen LogP contribution is 2.17. The Morgan fingerprint density at radius 3 is 2.71 bits per heavy atom. The van der Waals surface area contributed by atoms with E-state index in [-0.39, 0.29) is 0 Å². The number of rotatable bonds is 5. The van der Waals surface area contributed by atoms with Crippen LogP contribution >= 0.6 is 0 Å². The fourth-order valence-corrected chi connectivity index (χ4v) is 2.28. The summed E-state index contributed by atoms with van der Waals surface area (Å²) in [7, 11) is -3.39. The first kappa shape index (κ1) is 13.5. The maximum atomic E-state index is 12.1. The molecule has 0 aliphatic heterocycles. The number of aromatic amines is 1. The minimum Gasteiger partial charge on any atom is -0.478 e. The highest BCUT2D eigenvalue weighted by Gasteiger charge is 2.30. The summed E-state index contributed by atoms with van der Waals surface area (Å²) in [6.07, 6.45) is -2.06. The summed E-state index contributed by atoms with van der Waals surface area (Å²) in [5.41, 5.74) is -0.592. The molecule has 1 aromatic heterocycles. The second-order valence-electron chi connectivity index (χ2n) is 3.09. The predicted octanol–water partition coefficient (Wildman–Crippen LogP) is -0.00650. The van der Waals surface area contributed by atoms with Gasteiger partial charge in [-0.2, -0.15) is 9.40 Å². The molecule has 0 aliphatic carbocycles. The maximum absolute atomic E-state index is 12.1. The number of aromatic carboxylic acids is 1. The molecule has 0 fully saturated rings. The van der Waals surface area contributed by atoms with Crippen molar-refractivity contribution in [2.75, 3.05) is 13.6 Å². The Labute approximate surface area is 95.1 Å². The molecule has 1 aromatic rings. The van der Waals surface area contributed by atoms with Crippen LogP contribution in [0.1, 0.15) is 10.4 Å². The number of carbonyl (C=O) groups is 1. The van der Waals surface area contributed by atoms with Gasteiger partial charge < -0.3 is 5.11 Å². The van der Waals surface area contributed by atoms with Gasteiger partial charge in [0.2, 0.25) is 0 Å². The molecule has 0 saturated carbocycles. The first-order valence-electron chi connectivity index (χ1n) is 4.28. The summed E-state index contributed by atoms with van der Waals surface area (Å²) < 4.78 is 47.9. The first-order valence-corrected chi connectivity index (χ1v) is 5.72. The van der Waals surface area contributed by atoms with Crippen LogP contribution in [0.2, 0.25) is 0 Å². The van der Waals surface area contributed by atoms with Crippen LogP contribution in [0.4, 0.5) is 8.78 Å². The second-order valence-corrected chi connectivity index (χ2v) is 5.08. The van der Waals surface area contributed by atoms with Crippen LogP contribution in [0.25, 0.3) is 0 Å². The van der Waals surface area contributed by atoms with Crippen molar-refractivity contribution in [3.63, 3.8) is 0 Å². The highest BCUT2D eigenvalue weighted by atomic mass is 32.2. The molecule has 0 unspecified atom stereocenters. The molecule has 2 N–H and O–H groups in total. The summed E-state index contributed by atoms with van der Waals surface area (Å²) in [6.45, 7) is -1.03. The first-order chi connectivity index (χ1) is 7.76. The molecule has 0 aromatic carbocycles. The molecule has 0 aliphatic rings. The number of nitrogens with zero attached hydrogens (tertiary/aromatic N) is 2. The maximum Gasteiger partial charge on any atom is 0.340 e. The van der Waals surface area contributed by atoms with E-state index in [1.165, 1.54) is 0 Å². The van der Waals surface area contributed by atoms with Crippen LogP contribution in [-0.4, -0.2) is 54.0 Å². The molecular formula is C7H9F2N3O4S. The van der Waals surface area contributed by atoms with Crippen LogP contribution in [0, 0.1) is 0 Å². The third kappa shape index (κ3) is 2.77. The molecule has 1 heterocycles. The Morgan fingerprint density at radius 2 is 2.24 bits per heavy atom. The predicted molar refractivity (Wildman–Crippen MR) is 51.4 cm³/mol. The minimum absolute atomic E-state index is 0.359. The van der Waals surface area contributed by atoms with Crippen molar-refractivity contribution in [2.45, 2.75) is 11.5 Å². The standard InChI is InChI=1S/C7H9F2N3O4S/c1-12(3-5(8)9)17(15,16)6-4(7(13)14)2-10-11-6/h2,5H,3H2,1H3,(H,10,11)(H,13,14). The molecule has 17 heavy (non-hydrogen) atoms. The molecule has 0 amide bonds. The van der Waals surface area contributed by atoms with E-state index in [4.69, 9.17) is 5.11 Å². The zero-order chi connectivity index (χ0) is 13.2. The monoisotopic (exact) mass is 269 g/mol. The third-order valence-corrected chi connectivity index (χ3v) is 3.69. The number of halogens is 2. The molecule has 0 saturated heterocycles. The number of carboxylic acid groups (broad SMARTS) is 1. The lowest BCUT2D eigenvalue weighted by atomic mass is 10.4. The van der Waals surface area contributed by atoms with Crippen molar-refractivity contribution >= 4 is 16.0 Å². The van der Waals surface area contributed by atoms with Gasteiger partial charge in [-0.3, -0.25) is 5.10 Å². The van der Waals surface area contributed by atoms with Crippen LogP contribution in [0.15, 0.2) is 11.2 Å². The van der Waals surface area contributed by atoms with E-state index in [2.05, 4.69) is 5.10 Å². The summed E-state index contributed by atoms with van der Waals surface area (Å²) in [4.78, 5) is 10.7. The minimum atomic E-state index is -4.31. The van der Waals surface area contributed by atoms with Gasteiger partial charge in [-0.1, -0.05) is 0 Å². The van der Waals surface area contributed by atoms with Gasteiger partial charge in [-0.25, -0.2) is 22.0 Å². The van der Waals surface area contributed by atoms with Gasteiger partial charge in [0, 0.05) is 7.05 Å². The Bertz CT molecular complexity index is 513. The lowest BCUT2D eigenvalue weighted by molar-refractivity contribution is 0.0692. The molecule has 10 heteroatoms. The normalized spacial score (nSPS) is 12.3. The molecule has 96 valence electrons. The molecule has 0 atom stereocenters. The number of aromatic nitrogens is 2. The van der Waals surface area contributed by atoms with E-state index in [0.717, 1.165) is 13.2 Å². The average molecular weight is 269 g/mol. The lowest BCUT2D eigenvalue weighted by Gasteiger charge is -2.15. The molecule has 0 spiro atoms. The van der Waals surface area contributed by atoms with E-state index in [1.807, 2.05) is 5.10 Å². The Hall–Kier alpha value is -1.55. The van der Waals surface area contributed by atoms with Gasteiger partial charge in [0.25, 0.3) is 16.4 Å². The van der Waals surface area contributed by atoms with Crippen LogP contribution in [-0.2, 0) is 10.0 Å². The fraction of sp³-hybridized carbons (Fsp3) is 0.429. The number of H-pyrrole nitrogens is 1. The summed E-state index contributed by atoms with van der Waals surface area (Å²) in [6, 6.07) is 0. The number of nitrogens with one attached hydrogen (secondary N) is 1. The van der Waals surface area contributed by atoms with Gasteiger partial charge in [0.05, 0.1) is 12.7 Å². The lowest BCUT2D eigenvalue weighted by Crippen LogP contribution is -2.32. The SMILES string of the molecule is CN(CC(F)F)S(=O)(=O)c1[nH]ncc1C(=O)O. The summed E-state index contributed by atoms with van der Waals surface area (Å²) >= 11 is 0. The van der Waals surface area contributed by atoms with Crippen molar-refractivity contribution in [1.82, 2.24) is 14.5 Å². The molecule has 0 radical (unpaired) electrons. The van der Waals surface area contributed by atoms with E-state index >= 15 is 0 Å². The number of alkyl halides is 2. The fourth-order valence-electron chi connectivity index (χ4n) is 1.07. The van der Waals surface area contributed by atoms with Gasteiger partial charge in [-0.05, 0) is 0 Å². The molecule has 1 rings (SSSR count). The molecular weight excluding hydrogens is 260 g/mol. The largest absolute Gasteiger partial charge is 0.478 e. The summed E-state index contributed by atoms with van der Waals surface area (Å²) in [5, 5.41) is 13.2. The topological polar surface area (TPSA) is 103 Å². The van der Waals surface area contributed by atoms with Crippen LogP contribution < -0.4 is 0 Å². The van der Waals surface area contributed by atoms with E-state index in [0.29, 0.717) is 4.31 Å². The van der Waals surface area contributed by atoms with Crippen molar-refractivity contribution < 1.29 is 27.1 Å².